The van der Waals surface area contributed by atoms with E-state index in [0.717, 1.165) is 0 Å². The van der Waals surface area contributed by atoms with Crippen molar-refractivity contribution in [2.75, 3.05) is 13.1 Å². The van der Waals surface area contributed by atoms with Crippen molar-refractivity contribution in [1.82, 2.24) is 4.90 Å². The fourth-order valence-corrected chi connectivity index (χ4v) is 1.49. The standard InChI is InChI=1S/C9H15NO5/c11-7(1-2-8(12)13)10-5-3-9(14,15)4-6-10/h14-15H,1-6H2,(H,12,13). The minimum atomic E-state index is -1.68. The van der Waals surface area contributed by atoms with Gasteiger partial charge in [-0.15, -0.1) is 0 Å². The summed E-state index contributed by atoms with van der Waals surface area (Å²) in [5.74, 6) is -2.92. The number of carboxylic acid groups (broad SMARTS) is 1. The molecular weight excluding hydrogens is 202 g/mol. The van der Waals surface area contributed by atoms with Gasteiger partial charge in [0.25, 0.3) is 0 Å². The Balaban J connectivity index is 2.33. The predicted octanol–water partition coefficient (Wildman–Crippen LogP) is -0.846. The number of carbonyl (C=O) groups excluding carboxylic acids is 1. The van der Waals surface area contributed by atoms with Gasteiger partial charge in [-0.1, -0.05) is 0 Å². The molecule has 1 amide bonds. The number of piperidine rings is 1. The normalized spacial score (nSPS) is 20.0. The number of aliphatic carboxylic acids is 1. The number of hydrogen-bond donors (Lipinski definition) is 3. The summed E-state index contributed by atoms with van der Waals surface area (Å²) in [4.78, 5) is 23.1. The minimum Gasteiger partial charge on any atom is -0.481 e. The van der Waals surface area contributed by atoms with Gasteiger partial charge in [-0.05, 0) is 0 Å². The van der Waals surface area contributed by atoms with Gasteiger partial charge in [0.1, 0.15) is 0 Å². The van der Waals surface area contributed by atoms with E-state index < -0.39 is 11.8 Å². The fourth-order valence-electron chi connectivity index (χ4n) is 1.49. The molecule has 15 heavy (non-hydrogen) atoms. The zero-order chi connectivity index (χ0) is 11.5. The maximum absolute atomic E-state index is 11.4. The molecule has 1 aliphatic heterocycles. The minimum absolute atomic E-state index is 0.0286. The van der Waals surface area contributed by atoms with Gasteiger partial charge < -0.3 is 20.2 Å². The summed E-state index contributed by atoms with van der Waals surface area (Å²) in [6.07, 6.45) is 0.0234. The molecule has 0 aromatic carbocycles. The smallest absolute Gasteiger partial charge is 0.303 e. The first-order chi connectivity index (χ1) is 6.91. The first-order valence-corrected chi connectivity index (χ1v) is 4.85. The van der Waals surface area contributed by atoms with E-state index in [4.69, 9.17) is 5.11 Å². The van der Waals surface area contributed by atoms with Crippen LogP contribution in [0.1, 0.15) is 25.7 Å². The molecule has 0 saturated carbocycles. The van der Waals surface area contributed by atoms with E-state index in [1.54, 1.807) is 0 Å². The van der Waals surface area contributed by atoms with Crippen molar-refractivity contribution >= 4 is 11.9 Å². The van der Waals surface area contributed by atoms with E-state index in [-0.39, 0.29) is 44.7 Å². The Bertz CT molecular complexity index is 253. The summed E-state index contributed by atoms with van der Waals surface area (Å²) < 4.78 is 0. The Morgan fingerprint density at radius 3 is 2.13 bits per heavy atom. The number of likely N-dealkylation sites (tertiary alicyclic amines) is 1. The van der Waals surface area contributed by atoms with Crippen molar-refractivity contribution in [2.24, 2.45) is 0 Å². The van der Waals surface area contributed by atoms with Crippen LogP contribution in [0.2, 0.25) is 0 Å². The Hall–Kier alpha value is -1.14. The molecule has 6 heteroatoms. The second-order valence-corrected chi connectivity index (χ2v) is 3.76. The number of aliphatic hydroxyl groups is 2. The number of rotatable bonds is 3. The monoisotopic (exact) mass is 217 g/mol. The van der Waals surface area contributed by atoms with Crippen LogP contribution in [0.15, 0.2) is 0 Å². The number of nitrogens with zero attached hydrogens (tertiary/aromatic N) is 1. The third-order valence-electron chi connectivity index (χ3n) is 2.47. The van der Waals surface area contributed by atoms with Gasteiger partial charge in [-0.2, -0.15) is 0 Å². The maximum atomic E-state index is 11.4. The van der Waals surface area contributed by atoms with Gasteiger partial charge in [-0.3, -0.25) is 9.59 Å². The molecule has 1 rings (SSSR count). The Labute approximate surface area is 87.1 Å². The molecule has 0 atom stereocenters. The van der Waals surface area contributed by atoms with Crippen molar-refractivity contribution in [2.45, 2.75) is 31.5 Å². The molecule has 1 fully saturated rings. The molecular formula is C9H15NO5. The largest absolute Gasteiger partial charge is 0.481 e. The number of carbonyl (C=O) groups is 2. The summed E-state index contributed by atoms with van der Waals surface area (Å²) >= 11 is 0. The van der Waals surface area contributed by atoms with Crippen LogP contribution in [-0.4, -0.2) is 51.0 Å². The van der Waals surface area contributed by atoms with E-state index in [1.165, 1.54) is 4.90 Å². The molecule has 0 spiro atoms. The predicted molar refractivity (Wildman–Crippen MR) is 49.9 cm³/mol. The highest BCUT2D eigenvalue weighted by molar-refractivity contribution is 5.80. The van der Waals surface area contributed by atoms with Crippen LogP contribution in [0.4, 0.5) is 0 Å². The van der Waals surface area contributed by atoms with Gasteiger partial charge >= 0.3 is 5.97 Å². The highest BCUT2D eigenvalue weighted by Gasteiger charge is 2.31. The number of hydrogen-bond acceptors (Lipinski definition) is 4. The lowest BCUT2D eigenvalue weighted by atomic mass is 10.0. The van der Waals surface area contributed by atoms with Crippen molar-refractivity contribution in [1.29, 1.82) is 0 Å². The van der Waals surface area contributed by atoms with Crippen molar-refractivity contribution in [3.63, 3.8) is 0 Å². The van der Waals surface area contributed by atoms with Gasteiger partial charge in [0.15, 0.2) is 5.79 Å². The molecule has 0 aromatic rings. The first kappa shape index (κ1) is 11.9. The topological polar surface area (TPSA) is 98.1 Å². The lowest BCUT2D eigenvalue weighted by Crippen LogP contribution is -2.46. The third kappa shape index (κ3) is 3.85. The molecule has 3 N–H and O–H groups in total. The van der Waals surface area contributed by atoms with E-state index in [0.29, 0.717) is 0 Å². The second-order valence-electron chi connectivity index (χ2n) is 3.76. The molecule has 6 nitrogen and oxygen atoms in total. The van der Waals surface area contributed by atoms with Crippen LogP contribution < -0.4 is 0 Å². The molecule has 1 saturated heterocycles. The van der Waals surface area contributed by atoms with Gasteiger partial charge in [0, 0.05) is 32.4 Å². The van der Waals surface area contributed by atoms with Crippen molar-refractivity contribution in [3.8, 4) is 0 Å². The van der Waals surface area contributed by atoms with E-state index in [1.807, 2.05) is 0 Å². The van der Waals surface area contributed by atoms with Gasteiger partial charge in [0.2, 0.25) is 5.91 Å². The maximum Gasteiger partial charge on any atom is 0.303 e. The summed E-state index contributed by atoms with van der Waals surface area (Å²) in [7, 11) is 0. The molecule has 86 valence electrons. The second kappa shape index (κ2) is 4.59. The fraction of sp³-hybridized carbons (Fsp3) is 0.778. The quantitative estimate of drug-likeness (QED) is 0.535. The number of carboxylic acids is 1. The van der Waals surface area contributed by atoms with E-state index in [9.17, 15) is 19.8 Å². The van der Waals surface area contributed by atoms with E-state index in [2.05, 4.69) is 0 Å². The zero-order valence-electron chi connectivity index (χ0n) is 8.35. The molecule has 0 aliphatic carbocycles. The Morgan fingerprint density at radius 2 is 1.67 bits per heavy atom. The summed E-state index contributed by atoms with van der Waals surface area (Å²) in [5, 5.41) is 26.8. The molecule has 0 aromatic heterocycles. The highest BCUT2D eigenvalue weighted by atomic mass is 16.5. The zero-order valence-corrected chi connectivity index (χ0v) is 8.35. The SMILES string of the molecule is O=C(O)CCC(=O)N1CCC(O)(O)CC1. The van der Waals surface area contributed by atoms with Crippen molar-refractivity contribution in [3.05, 3.63) is 0 Å². The van der Waals surface area contributed by atoms with Crippen molar-refractivity contribution < 1.29 is 24.9 Å². The van der Waals surface area contributed by atoms with Crippen LogP contribution in [-0.2, 0) is 9.59 Å². The van der Waals surface area contributed by atoms with Gasteiger partial charge in [-0.25, -0.2) is 0 Å². The molecule has 0 unspecified atom stereocenters. The average molecular weight is 217 g/mol. The third-order valence-corrected chi connectivity index (χ3v) is 2.47. The summed E-state index contributed by atoms with van der Waals surface area (Å²) in [6, 6.07) is 0. The molecule has 0 bridgehead atoms. The lowest BCUT2D eigenvalue weighted by Gasteiger charge is -2.34. The molecule has 0 radical (unpaired) electrons. The van der Waals surface area contributed by atoms with Gasteiger partial charge in [0.05, 0.1) is 6.42 Å². The van der Waals surface area contributed by atoms with E-state index >= 15 is 0 Å². The lowest BCUT2D eigenvalue weighted by molar-refractivity contribution is -0.190. The average Bonchev–Trinajstić information content (AvgIpc) is 2.14. The van der Waals surface area contributed by atoms with Crippen LogP contribution in [0.5, 0.6) is 0 Å². The first-order valence-electron chi connectivity index (χ1n) is 4.85. The Kier molecular flexibility index (Phi) is 3.65. The van der Waals surface area contributed by atoms with Crippen LogP contribution in [0, 0.1) is 0 Å². The summed E-state index contributed by atoms with van der Waals surface area (Å²) in [6.45, 7) is 0.539. The van der Waals surface area contributed by atoms with Crippen LogP contribution >= 0.6 is 0 Å². The number of amides is 1. The van der Waals surface area contributed by atoms with Crippen LogP contribution in [0.3, 0.4) is 0 Å². The van der Waals surface area contributed by atoms with Crippen LogP contribution in [0.25, 0.3) is 0 Å². The Morgan fingerprint density at radius 1 is 1.13 bits per heavy atom. The highest BCUT2D eigenvalue weighted by Crippen LogP contribution is 2.19. The molecule has 1 heterocycles. The summed E-state index contributed by atoms with van der Waals surface area (Å²) in [5.41, 5.74) is 0. The molecule has 1 aliphatic rings.